The number of imide groups is 1. The van der Waals surface area contributed by atoms with Crippen molar-refractivity contribution in [1.29, 1.82) is 0 Å². The van der Waals surface area contributed by atoms with Crippen molar-refractivity contribution in [2.75, 3.05) is 11.4 Å². The molecule has 2 N–H and O–H groups in total. The zero-order chi connectivity index (χ0) is 24.8. The Labute approximate surface area is 210 Å². The summed E-state index contributed by atoms with van der Waals surface area (Å²) in [5.41, 5.74) is 0.485. The number of carboxylic acids is 1. The van der Waals surface area contributed by atoms with Gasteiger partial charge in [0.2, 0.25) is 0 Å². The smallest absolute Gasteiger partial charge is 0.332 e. The van der Waals surface area contributed by atoms with E-state index in [1.165, 1.54) is 16.2 Å². The van der Waals surface area contributed by atoms with Crippen LogP contribution < -0.4 is 4.90 Å². The van der Waals surface area contributed by atoms with Gasteiger partial charge in [0.15, 0.2) is 0 Å². The third-order valence-electron chi connectivity index (χ3n) is 7.13. The second-order valence-corrected chi connectivity index (χ2v) is 10.7. The average Bonchev–Trinajstić information content (AvgIpc) is 3.61. The number of carbonyl (C=O) groups excluding carboxylic acids is 2. The minimum atomic E-state index is -0.777. The summed E-state index contributed by atoms with van der Waals surface area (Å²) in [6.45, 7) is 0.320. The number of thiophene rings is 1. The number of aliphatic hydroxyl groups is 1. The highest BCUT2D eigenvalue weighted by Crippen LogP contribution is 2.41. The maximum Gasteiger partial charge on any atom is 0.332 e. The number of rotatable bonds is 11. The minimum Gasteiger partial charge on any atom is -0.481 e. The zero-order valence-electron chi connectivity index (χ0n) is 20.0. The standard InChI is InChI=1S/C27H34N2O5S/c30-24(31)15-7-2-1-6-14-21-18-28(26(33)20-12-4-3-5-13-20)27(34)29(21)23-17-16-22(35-23)25(32)19-10-8-9-11-19/h3-5,12-13,16-17,19,21,25,32H,1-2,6-11,14-15,18H2,(H,30,31)/t21-,25?/m0/s1. The molecule has 8 heteroatoms. The Kier molecular flexibility index (Phi) is 8.57. The van der Waals surface area contributed by atoms with Gasteiger partial charge in [-0.1, -0.05) is 50.3 Å². The Morgan fingerprint density at radius 2 is 1.71 bits per heavy atom. The SMILES string of the molecule is O=C(O)CCCCCC[C@H]1CN(C(=O)c2ccccc2)C(=O)N1c1ccc(C(O)C2CCCC2)s1. The van der Waals surface area contributed by atoms with E-state index in [9.17, 15) is 19.5 Å². The van der Waals surface area contributed by atoms with Crippen LogP contribution in [-0.4, -0.2) is 45.6 Å². The van der Waals surface area contributed by atoms with Gasteiger partial charge in [-0.15, -0.1) is 11.3 Å². The molecule has 1 aliphatic carbocycles. The van der Waals surface area contributed by atoms with Crippen molar-refractivity contribution in [3.63, 3.8) is 0 Å². The van der Waals surface area contributed by atoms with Gasteiger partial charge in [0.1, 0.15) is 0 Å². The second-order valence-electron chi connectivity index (χ2n) is 9.60. The number of urea groups is 1. The van der Waals surface area contributed by atoms with Crippen molar-refractivity contribution in [3.05, 3.63) is 52.9 Å². The molecule has 7 nitrogen and oxygen atoms in total. The molecule has 1 aromatic heterocycles. The van der Waals surface area contributed by atoms with E-state index in [1.807, 2.05) is 18.2 Å². The van der Waals surface area contributed by atoms with E-state index in [2.05, 4.69) is 0 Å². The number of aliphatic carboxylic acids is 1. The number of benzene rings is 1. The van der Waals surface area contributed by atoms with Gasteiger partial charge >= 0.3 is 12.0 Å². The molecular weight excluding hydrogens is 464 g/mol. The number of anilines is 1. The van der Waals surface area contributed by atoms with Gasteiger partial charge < -0.3 is 10.2 Å². The molecule has 1 saturated heterocycles. The number of amides is 3. The molecule has 0 radical (unpaired) electrons. The quantitative estimate of drug-likeness (QED) is 0.379. The van der Waals surface area contributed by atoms with Crippen LogP contribution in [0.5, 0.6) is 0 Å². The van der Waals surface area contributed by atoms with Crippen LogP contribution in [0.25, 0.3) is 0 Å². The fourth-order valence-electron chi connectivity index (χ4n) is 5.20. The van der Waals surface area contributed by atoms with E-state index >= 15 is 0 Å². The summed E-state index contributed by atoms with van der Waals surface area (Å²) >= 11 is 1.44. The number of aliphatic hydroxyl groups excluding tert-OH is 1. The van der Waals surface area contributed by atoms with E-state index in [0.29, 0.717) is 18.5 Å². The highest BCUT2D eigenvalue weighted by Gasteiger charge is 2.42. The van der Waals surface area contributed by atoms with Gasteiger partial charge in [-0.2, -0.15) is 0 Å². The molecule has 2 heterocycles. The molecule has 3 amide bonds. The maximum absolute atomic E-state index is 13.5. The number of carbonyl (C=O) groups is 3. The molecule has 1 aliphatic heterocycles. The molecule has 1 aromatic carbocycles. The summed E-state index contributed by atoms with van der Waals surface area (Å²) in [5.74, 6) is -0.804. The van der Waals surface area contributed by atoms with Crippen molar-refractivity contribution >= 4 is 34.2 Å². The highest BCUT2D eigenvalue weighted by molar-refractivity contribution is 7.16. The molecule has 2 atom stereocenters. The fraction of sp³-hybridized carbons (Fsp3) is 0.519. The monoisotopic (exact) mass is 498 g/mol. The van der Waals surface area contributed by atoms with Crippen molar-refractivity contribution in [2.24, 2.45) is 5.92 Å². The normalized spacial score (nSPS) is 19.5. The van der Waals surface area contributed by atoms with Crippen LogP contribution in [0.4, 0.5) is 9.80 Å². The third kappa shape index (κ3) is 6.11. The first-order valence-electron chi connectivity index (χ1n) is 12.7. The number of hydrogen-bond donors (Lipinski definition) is 2. The van der Waals surface area contributed by atoms with E-state index in [1.54, 1.807) is 29.2 Å². The lowest BCUT2D eigenvalue weighted by molar-refractivity contribution is -0.137. The van der Waals surface area contributed by atoms with Gasteiger partial charge in [0, 0.05) is 16.9 Å². The predicted molar refractivity (Wildman–Crippen MR) is 136 cm³/mol. The van der Waals surface area contributed by atoms with Crippen LogP contribution in [-0.2, 0) is 4.79 Å². The molecule has 2 aliphatic rings. The van der Waals surface area contributed by atoms with Crippen LogP contribution >= 0.6 is 11.3 Å². The predicted octanol–water partition coefficient (Wildman–Crippen LogP) is 5.85. The van der Waals surface area contributed by atoms with Crippen LogP contribution in [0.3, 0.4) is 0 Å². The Hall–Kier alpha value is -2.71. The van der Waals surface area contributed by atoms with Crippen LogP contribution in [0, 0.1) is 5.92 Å². The molecule has 2 aromatic rings. The van der Waals surface area contributed by atoms with Crippen molar-refractivity contribution in [3.8, 4) is 0 Å². The summed E-state index contributed by atoms with van der Waals surface area (Å²) < 4.78 is 0. The van der Waals surface area contributed by atoms with Crippen LogP contribution in [0.2, 0.25) is 0 Å². The number of unbranched alkanes of at least 4 members (excludes halogenated alkanes) is 3. The summed E-state index contributed by atoms with van der Waals surface area (Å²) in [7, 11) is 0. The molecular formula is C27H34N2O5S. The number of nitrogens with zero attached hydrogens (tertiary/aromatic N) is 2. The molecule has 1 unspecified atom stereocenters. The Morgan fingerprint density at radius 3 is 2.43 bits per heavy atom. The highest BCUT2D eigenvalue weighted by atomic mass is 32.1. The summed E-state index contributed by atoms with van der Waals surface area (Å²) in [4.78, 5) is 41.3. The maximum atomic E-state index is 13.5. The fourth-order valence-corrected chi connectivity index (χ4v) is 6.36. The average molecular weight is 499 g/mol. The van der Waals surface area contributed by atoms with Crippen LogP contribution in [0.1, 0.15) is 85.5 Å². The van der Waals surface area contributed by atoms with Crippen LogP contribution in [0.15, 0.2) is 42.5 Å². The van der Waals surface area contributed by atoms with E-state index in [-0.39, 0.29) is 30.3 Å². The zero-order valence-corrected chi connectivity index (χ0v) is 20.8. The van der Waals surface area contributed by atoms with Gasteiger partial charge in [-0.25, -0.2) is 4.79 Å². The van der Waals surface area contributed by atoms with Gasteiger partial charge in [-0.3, -0.25) is 19.4 Å². The minimum absolute atomic E-state index is 0.148. The van der Waals surface area contributed by atoms with Gasteiger partial charge in [-0.05, 0) is 55.9 Å². The Balaban J connectivity index is 1.48. The molecule has 188 valence electrons. The van der Waals surface area contributed by atoms with Crippen molar-refractivity contribution in [1.82, 2.24) is 4.90 Å². The number of carboxylic acid groups (broad SMARTS) is 1. The third-order valence-corrected chi connectivity index (χ3v) is 8.28. The topological polar surface area (TPSA) is 98.2 Å². The lowest BCUT2D eigenvalue weighted by Gasteiger charge is -2.22. The lowest BCUT2D eigenvalue weighted by atomic mass is 10.00. The summed E-state index contributed by atoms with van der Waals surface area (Å²) in [6, 6.07) is 12.2. The van der Waals surface area contributed by atoms with Gasteiger partial charge in [0.05, 0.1) is 23.7 Å². The summed E-state index contributed by atoms with van der Waals surface area (Å²) in [5, 5.41) is 20.4. The molecule has 35 heavy (non-hydrogen) atoms. The first-order chi connectivity index (χ1) is 17.0. The van der Waals surface area contributed by atoms with Gasteiger partial charge in [0.25, 0.3) is 5.91 Å². The lowest BCUT2D eigenvalue weighted by Crippen LogP contribution is -2.36. The second kappa shape index (κ2) is 11.8. The molecule has 0 spiro atoms. The largest absolute Gasteiger partial charge is 0.481 e. The molecule has 4 rings (SSSR count). The Morgan fingerprint density at radius 1 is 1.00 bits per heavy atom. The van der Waals surface area contributed by atoms with Crippen molar-refractivity contribution < 1.29 is 24.6 Å². The molecule has 1 saturated carbocycles. The van der Waals surface area contributed by atoms with E-state index in [4.69, 9.17) is 5.11 Å². The van der Waals surface area contributed by atoms with E-state index < -0.39 is 12.1 Å². The first-order valence-corrected chi connectivity index (χ1v) is 13.5. The Bertz CT molecular complexity index is 1020. The molecule has 2 fully saturated rings. The van der Waals surface area contributed by atoms with E-state index in [0.717, 1.165) is 61.2 Å². The van der Waals surface area contributed by atoms with Crippen molar-refractivity contribution in [2.45, 2.75) is 76.4 Å². The summed E-state index contributed by atoms with van der Waals surface area (Å²) in [6.07, 6.45) is 7.96. The first kappa shape index (κ1) is 25.4. The molecule has 0 bridgehead atoms. The number of hydrogen-bond acceptors (Lipinski definition) is 5.